The monoisotopic (exact) mass is 529 g/mol. The van der Waals surface area contributed by atoms with E-state index in [0.29, 0.717) is 36.8 Å². The first-order chi connectivity index (χ1) is 18.5. The molecule has 1 heterocycles. The third-order valence-electron chi connectivity index (χ3n) is 6.62. The van der Waals surface area contributed by atoms with Crippen molar-refractivity contribution in [2.24, 2.45) is 0 Å². The molecule has 0 saturated carbocycles. The highest BCUT2D eigenvalue weighted by Gasteiger charge is 2.34. The second kappa shape index (κ2) is 15.0. The number of hydrogen-bond donors (Lipinski definition) is 0. The van der Waals surface area contributed by atoms with Crippen LogP contribution in [-0.2, 0) is 16.0 Å². The molecule has 9 heteroatoms. The molecule has 208 valence electrons. The summed E-state index contributed by atoms with van der Waals surface area (Å²) in [4.78, 5) is 27.3. The fourth-order valence-corrected chi connectivity index (χ4v) is 4.52. The molecule has 2 aromatic carbocycles. The van der Waals surface area contributed by atoms with Gasteiger partial charge in [-0.25, -0.2) is 9.59 Å². The summed E-state index contributed by atoms with van der Waals surface area (Å²) in [6.07, 6.45) is 6.47. The minimum atomic E-state index is -0.659. The molecular formula is C29H39NO8. The average molecular weight is 530 g/mol. The van der Waals surface area contributed by atoms with Crippen LogP contribution < -0.4 is 23.7 Å². The number of carbonyl (C=O) groups excluding carboxylic acids is 2. The standard InChI is InChI=1S/C29H39NO8/c1-33-22-15-13-21(14-16-22)11-7-5-6-10-18-37-28(31)24-12-8-9-17-30(24)29(32)38-23-19-25(34-2)27(36-4)26(20-23)35-3/h13-16,19-20,24H,5-12,17-18H2,1-4H3. The summed E-state index contributed by atoms with van der Waals surface area (Å²) < 4.78 is 32.3. The van der Waals surface area contributed by atoms with Gasteiger partial charge < -0.3 is 28.4 Å². The van der Waals surface area contributed by atoms with Crippen molar-refractivity contribution in [3.05, 3.63) is 42.0 Å². The third-order valence-corrected chi connectivity index (χ3v) is 6.62. The van der Waals surface area contributed by atoms with E-state index in [1.165, 1.54) is 31.8 Å². The Balaban J connectivity index is 1.45. The molecule has 1 saturated heterocycles. The molecule has 1 fully saturated rings. The first-order valence-electron chi connectivity index (χ1n) is 13.1. The maximum atomic E-state index is 13.0. The molecule has 9 nitrogen and oxygen atoms in total. The van der Waals surface area contributed by atoms with Gasteiger partial charge in [-0.2, -0.15) is 0 Å². The molecule has 2 aromatic rings. The van der Waals surface area contributed by atoms with Crippen LogP contribution in [0.4, 0.5) is 4.79 Å². The number of rotatable bonds is 13. The summed E-state index contributed by atoms with van der Waals surface area (Å²) >= 11 is 0. The Kier molecular flexibility index (Phi) is 11.4. The minimum absolute atomic E-state index is 0.233. The molecule has 0 bridgehead atoms. The first kappa shape index (κ1) is 28.9. The summed E-state index contributed by atoms with van der Waals surface area (Å²) in [7, 11) is 6.14. The number of hydrogen-bond acceptors (Lipinski definition) is 8. The number of likely N-dealkylation sites (tertiary alicyclic amines) is 1. The topological polar surface area (TPSA) is 92.8 Å². The third kappa shape index (κ3) is 7.94. The number of amides is 1. The van der Waals surface area contributed by atoms with Gasteiger partial charge in [0.05, 0.1) is 35.0 Å². The van der Waals surface area contributed by atoms with E-state index in [9.17, 15) is 9.59 Å². The summed E-state index contributed by atoms with van der Waals surface area (Å²) in [5, 5.41) is 0. The van der Waals surface area contributed by atoms with E-state index in [1.807, 2.05) is 12.1 Å². The lowest BCUT2D eigenvalue weighted by Crippen LogP contribution is -2.49. The van der Waals surface area contributed by atoms with Crippen LogP contribution in [0.3, 0.4) is 0 Å². The summed E-state index contributed by atoms with van der Waals surface area (Å²) in [6, 6.07) is 10.6. The smallest absolute Gasteiger partial charge is 0.415 e. The second-order valence-corrected chi connectivity index (χ2v) is 9.11. The van der Waals surface area contributed by atoms with E-state index in [4.69, 9.17) is 28.4 Å². The van der Waals surface area contributed by atoms with Crippen LogP contribution in [-0.4, -0.2) is 64.6 Å². The van der Waals surface area contributed by atoms with Gasteiger partial charge in [-0.15, -0.1) is 0 Å². The van der Waals surface area contributed by atoms with E-state index in [0.717, 1.165) is 50.7 Å². The van der Waals surface area contributed by atoms with Crippen molar-refractivity contribution in [1.29, 1.82) is 0 Å². The van der Waals surface area contributed by atoms with E-state index in [1.54, 1.807) is 19.2 Å². The van der Waals surface area contributed by atoms with E-state index in [-0.39, 0.29) is 11.7 Å². The molecule has 0 aliphatic carbocycles. The van der Waals surface area contributed by atoms with Crippen LogP contribution in [0.15, 0.2) is 36.4 Å². The molecule has 0 spiro atoms. The van der Waals surface area contributed by atoms with E-state index in [2.05, 4.69) is 12.1 Å². The summed E-state index contributed by atoms with van der Waals surface area (Å²) in [5.74, 6) is 1.85. The van der Waals surface area contributed by atoms with Gasteiger partial charge in [0, 0.05) is 18.7 Å². The van der Waals surface area contributed by atoms with Gasteiger partial charge in [0.15, 0.2) is 11.5 Å². The van der Waals surface area contributed by atoms with Crippen molar-refractivity contribution in [3.8, 4) is 28.7 Å². The average Bonchev–Trinajstić information content (AvgIpc) is 2.96. The van der Waals surface area contributed by atoms with Gasteiger partial charge >= 0.3 is 12.1 Å². The summed E-state index contributed by atoms with van der Waals surface area (Å²) in [5.41, 5.74) is 1.29. The van der Waals surface area contributed by atoms with E-state index < -0.39 is 12.1 Å². The molecule has 38 heavy (non-hydrogen) atoms. The van der Waals surface area contributed by atoms with E-state index >= 15 is 0 Å². The van der Waals surface area contributed by atoms with Crippen LogP contribution in [0.1, 0.15) is 50.5 Å². The Morgan fingerprint density at radius 3 is 2.13 bits per heavy atom. The zero-order valence-corrected chi connectivity index (χ0v) is 22.8. The maximum absolute atomic E-state index is 13.0. The van der Waals surface area contributed by atoms with Crippen molar-refractivity contribution in [2.75, 3.05) is 41.6 Å². The Bertz CT molecular complexity index is 1010. The molecular weight excluding hydrogens is 490 g/mol. The highest BCUT2D eigenvalue weighted by Crippen LogP contribution is 2.41. The van der Waals surface area contributed by atoms with Gasteiger partial charge in [0.2, 0.25) is 5.75 Å². The molecule has 1 atom stereocenters. The van der Waals surface area contributed by atoms with Gasteiger partial charge in [-0.3, -0.25) is 4.90 Å². The van der Waals surface area contributed by atoms with Gasteiger partial charge in [-0.1, -0.05) is 25.0 Å². The van der Waals surface area contributed by atoms with Crippen molar-refractivity contribution in [2.45, 2.75) is 57.4 Å². The second-order valence-electron chi connectivity index (χ2n) is 9.11. The number of carbonyl (C=O) groups is 2. The molecule has 0 aromatic heterocycles. The van der Waals surface area contributed by atoms with Crippen LogP contribution in [0, 0.1) is 0 Å². The number of piperidine rings is 1. The zero-order valence-electron chi connectivity index (χ0n) is 22.8. The van der Waals surface area contributed by atoms with Gasteiger partial charge in [0.1, 0.15) is 17.5 Å². The lowest BCUT2D eigenvalue weighted by molar-refractivity contribution is -0.150. The molecule has 1 aliphatic rings. The van der Waals surface area contributed by atoms with Gasteiger partial charge in [-0.05, 0) is 56.2 Å². The van der Waals surface area contributed by atoms with Crippen molar-refractivity contribution >= 4 is 12.1 Å². The SMILES string of the molecule is COc1ccc(CCCCCCOC(=O)C2CCCCN2C(=O)Oc2cc(OC)c(OC)c(OC)c2)cc1. The number of methoxy groups -OCH3 is 4. The number of benzene rings is 2. The molecule has 0 radical (unpaired) electrons. The van der Waals surface area contributed by atoms with Gasteiger partial charge in [0.25, 0.3) is 0 Å². The predicted octanol–water partition coefficient (Wildman–Crippen LogP) is 5.42. The number of ether oxygens (including phenoxy) is 6. The van der Waals surface area contributed by atoms with Crippen LogP contribution in [0.5, 0.6) is 28.7 Å². The predicted molar refractivity (Wildman–Crippen MR) is 143 cm³/mol. The van der Waals surface area contributed by atoms with Crippen LogP contribution in [0.2, 0.25) is 0 Å². The fraction of sp³-hybridized carbons (Fsp3) is 0.517. The van der Waals surface area contributed by atoms with Crippen molar-refractivity contribution in [1.82, 2.24) is 4.90 Å². The summed E-state index contributed by atoms with van der Waals surface area (Å²) in [6.45, 7) is 0.766. The molecule has 1 amide bonds. The number of aryl methyl sites for hydroxylation is 1. The number of esters is 1. The largest absolute Gasteiger partial charge is 0.497 e. The fourth-order valence-electron chi connectivity index (χ4n) is 4.52. The molecule has 3 rings (SSSR count). The maximum Gasteiger partial charge on any atom is 0.415 e. The Morgan fingerprint density at radius 1 is 0.816 bits per heavy atom. The molecule has 1 aliphatic heterocycles. The Hall–Kier alpha value is -3.62. The minimum Gasteiger partial charge on any atom is -0.497 e. The lowest BCUT2D eigenvalue weighted by atomic mass is 10.0. The normalized spacial score (nSPS) is 14.9. The van der Waals surface area contributed by atoms with Crippen LogP contribution >= 0.6 is 0 Å². The molecule has 1 unspecified atom stereocenters. The quantitative estimate of drug-likeness (QED) is 0.251. The highest BCUT2D eigenvalue weighted by atomic mass is 16.6. The van der Waals surface area contributed by atoms with Crippen molar-refractivity contribution < 1.29 is 38.0 Å². The zero-order chi connectivity index (χ0) is 27.3. The first-order valence-corrected chi connectivity index (χ1v) is 13.1. The Morgan fingerprint density at radius 2 is 1.50 bits per heavy atom. The Labute approximate surface area is 224 Å². The number of unbranched alkanes of at least 4 members (excludes halogenated alkanes) is 3. The number of nitrogens with zero attached hydrogens (tertiary/aromatic N) is 1. The molecule has 0 N–H and O–H groups in total. The lowest BCUT2D eigenvalue weighted by Gasteiger charge is -2.33. The highest BCUT2D eigenvalue weighted by molar-refractivity contribution is 5.82. The van der Waals surface area contributed by atoms with Crippen LogP contribution in [0.25, 0.3) is 0 Å². The van der Waals surface area contributed by atoms with Crippen molar-refractivity contribution in [3.63, 3.8) is 0 Å².